The van der Waals surface area contributed by atoms with Gasteiger partial charge in [0, 0.05) is 36.9 Å². The Balaban J connectivity index is 1.67. The lowest BCUT2D eigenvalue weighted by molar-refractivity contribution is 0.181. The van der Waals surface area contributed by atoms with E-state index in [4.69, 9.17) is 4.74 Å². The Morgan fingerprint density at radius 1 is 1.28 bits per heavy atom. The fourth-order valence-electron chi connectivity index (χ4n) is 3.09. The molecule has 2 heterocycles. The van der Waals surface area contributed by atoms with E-state index in [0.29, 0.717) is 24.0 Å². The summed E-state index contributed by atoms with van der Waals surface area (Å²) in [6.07, 6.45) is 0. The minimum Gasteiger partial charge on any atom is -0.497 e. The van der Waals surface area contributed by atoms with Gasteiger partial charge in [0.15, 0.2) is 0 Å². The van der Waals surface area contributed by atoms with Gasteiger partial charge in [-0.05, 0) is 45.0 Å². The normalized spacial score (nSPS) is 16.6. The molecule has 1 aromatic heterocycles. The van der Waals surface area contributed by atoms with E-state index in [0.717, 1.165) is 18.0 Å². The third kappa shape index (κ3) is 3.84. The number of aromatic nitrogens is 2. The maximum atomic E-state index is 12.5. The van der Waals surface area contributed by atoms with Gasteiger partial charge in [0.05, 0.1) is 12.6 Å². The molecule has 0 saturated carbocycles. The molecule has 0 bridgehead atoms. The molecule has 2 aromatic rings. The maximum absolute atomic E-state index is 12.5. The number of aryl methyl sites for hydroxylation is 1. The molecular formula is C17H23N5O2S. The topological polar surface area (TPSA) is 70.6 Å². The van der Waals surface area contributed by atoms with Crippen LogP contribution in [-0.4, -0.2) is 52.6 Å². The molecule has 0 spiro atoms. The number of amides is 2. The van der Waals surface area contributed by atoms with E-state index in [2.05, 4.69) is 45.6 Å². The Morgan fingerprint density at radius 2 is 2.00 bits per heavy atom. The van der Waals surface area contributed by atoms with Gasteiger partial charge in [0.2, 0.25) is 5.13 Å². The fraction of sp³-hybridized carbons (Fsp3) is 0.471. The van der Waals surface area contributed by atoms with Crippen LogP contribution in [0.4, 0.5) is 15.6 Å². The summed E-state index contributed by atoms with van der Waals surface area (Å²) in [4.78, 5) is 20.9. The molecule has 1 fully saturated rings. The second-order valence-corrected chi connectivity index (χ2v) is 7.41. The molecule has 1 N–H and O–H groups in total. The zero-order valence-electron chi connectivity index (χ0n) is 14.9. The molecule has 8 heteroatoms. The van der Waals surface area contributed by atoms with Crippen LogP contribution < -0.4 is 15.0 Å². The van der Waals surface area contributed by atoms with Crippen LogP contribution in [0.25, 0.3) is 0 Å². The molecule has 1 aliphatic heterocycles. The van der Waals surface area contributed by atoms with Crippen molar-refractivity contribution < 1.29 is 9.53 Å². The van der Waals surface area contributed by atoms with Gasteiger partial charge in [-0.25, -0.2) is 9.78 Å². The molecule has 1 aromatic carbocycles. The van der Waals surface area contributed by atoms with Crippen molar-refractivity contribution in [3.8, 4) is 5.75 Å². The Morgan fingerprint density at radius 3 is 2.56 bits per heavy atom. The number of urea groups is 1. The number of benzene rings is 1. The summed E-state index contributed by atoms with van der Waals surface area (Å²) in [5, 5.41) is 3.38. The average molecular weight is 361 g/mol. The van der Waals surface area contributed by atoms with Crippen LogP contribution in [0.5, 0.6) is 5.75 Å². The number of methoxy groups -OCH3 is 1. The summed E-state index contributed by atoms with van der Waals surface area (Å²) in [7, 11) is 1.66. The lowest BCUT2D eigenvalue weighted by atomic mass is 9.98. The predicted molar refractivity (Wildman–Crippen MR) is 99.7 cm³/mol. The number of nitrogens with one attached hydrogen (secondary N) is 1. The quantitative estimate of drug-likeness (QED) is 0.910. The van der Waals surface area contributed by atoms with Crippen molar-refractivity contribution in [3.05, 3.63) is 30.1 Å². The van der Waals surface area contributed by atoms with Gasteiger partial charge in [0.25, 0.3) is 0 Å². The molecule has 0 unspecified atom stereocenters. The third-order valence-corrected chi connectivity index (χ3v) is 5.04. The first-order chi connectivity index (χ1) is 11.9. The highest BCUT2D eigenvalue weighted by Crippen LogP contribution is 2.29. The summed E-state index contributed by atoms with van der Waals surface area (Å²) in [5.41, 5.74) is 0.951. The standard InChI is InChI=1S/C17H23N5O2S/c1-12-18-15(25-20-12)19-16(23)21-9-10-22(17(2,3)11-21)13-5-7-14(24-4)8-6-13/h5-8H,9-11H2,1-4H3,(H,18,19,20,23). The Kier molecular flexibility index (Phi) is 4.80. The highest BCUT2D eigenvalue weighted by atomic mass is 32.1. The number of ether oxygens (including phenoxy) is 1. The van der Waals surface area contributed by atoms with Crippen LogP contribution in [0.2, 0.25) is 0 Å². The van der Waals surface area contributed by atoms with E-state index >= 15 is 0 Å². The number of carbonyl (C=O) groups is 1. The number of rotatable bonds is 3. The minimum absolute atomic E-state index is 0.126. The number of hydrogen-bond acceptors (Lipinski definition) is 6. The largest absolute Gasteiger partial charge is 0.497 e. The van der Waals surface area contributed by atoms with Crippen molar-refractivity contribution in [2.75, 3.05) is 37.0 Å². The molecule has 0 atom stereocenters. The van der Waals surface area contributed by atoms with Gasteiger partial charge >= 0.3 is 6.03 Å². The lowest BCUT2D eigenvalue weighted by Crippen LogP contribution is -2.61. The van der Waals surface area contributed by atoms with Crippen LogP contribution in [0.3, 0.4) is 0 Å². The third-order valence-electron chi connectivity index (χ3n) is 4.31. The van der Waals surface area contributed by atoms with E-state index in [1.165, 1.54) is 11.5 Å². The van der Waals surface area contributed by atoms with E-state index < -0.39 is 0 Å². The first-order valence-electron chi connectivity index (χ1n) is 8.17. The van der Waals surface area contributed by atoms with Crippen molar-refractivity contribution in [3.63, 3.8) is 0 Å². The number of anilines is 2. The van der Waals surface area contributed by atoms with Gasteiger partial charge in [-0.1, -0.05) is 0 Å². The van der Waals surface area contributed by atoms with Gasteiger partial charge in [-0.15, -0.1) is 0 Å². The SMILES string of the molecule is COc1ccc(N2CCN(C(=O)Nc3nc(C)ns3)CC2(C)C)cc1. The van der Waals surface area contributed by atoms with Gasteiger partial charge < -0.3 is 14.5 Å². The molecule has 0 radical (unpaired) electrons. The van der Waals surface area contributed by atoms with Crippen molar-refractivity contribution in [1.29, 1.82) is 0 Å². The minimum atomic E-state index is -0.179. The number of carbonyl (C=O) groups excluding carboxylic acids is 1. The zero-order chi connectivity index (χ0) is 18.0. The molecule has 7 nitrogen and oxygen atoms in total. The Labute approximate surface area is 151 Å². The van der Waals surface area contributed by atoms with Crippen molar-refractivity contribution >= 4 is 28.4 Å². The summed E-state index contributed by atoms with van der Waals surface area (Å²) in [5.74, 6) is 1.51. The van der Waals surface area contributed by atoms with Gasteiger partial charge in [-0.3, -0.25) is 5.32 Å². The Bertz CT molecular complexity index is 744. The highest BCUT2D eigenvalue weighted by Gasteiger charge is 2.36. The van der Waals surface area contributed by atoms with Crippen molar-refractivity contribution in [2.45, 2.75) is 26.3 Å². The summed E-state index contributed by atoms with van der Waals surface area (Å²) in [6.45, 7) is 8.14. The molecule has 25 heavy (non-hydrogen) atoms. The summed E-state index contributed by atoms with van der Waals surface area (Å²) in [6, 6.07) is 7.91. The zero-order valence-corrected chi connectivity index (χ0v) is 15.8. The van der Waals surface area contributed by atoms with E-state index in [1.807, 2.05) is 24.0 Å². The molecule has 0 aliphatic carbocycles. The monoisotopic (exact) mass is 361 g/mol. The molecule has 1 saturated heterocycles. The van der Waals surface area contributed by atoms with E-state index in [9.17, 15) is 4.79 Å². The highest BCUT2D eigenvalue weighted by molar-refractivity contribution is 7.09. The van der Waals surface area contributed by atoms with Crippen molar-refractivity contribution in [2.24, 2.45) is 0 Å². The molecular weight excluding hydrogens is 338 g/mol. The van der Waals surface area contributed by atoms with Crippen LogP contribution >= 0.6 is 11.5 Å². The molecule has 134 valence electrons. The number of nitrogens with zero attached hydrogens (tertiary/aromatic N) is 4. The summed E-state index contributed by atoms with van der Waals surface area (Å²) < 4.78 is 9.31. The number of hydrogen-bond donors (Lipinski definition) is 1. The summed E-state index contributed by atoms with van der Waals surface area (Å²) >= 11 is 1.20. The maximum Gasteiger partial charge on any atom is 0.323 e. The second-order valence-electron chi connectivity index (χ2n) is 6.66. The van der Waals surface area contributed by atoms with E-state index in [1.54, 1.807) is 7.11 Å². The first kappa shape index (κ1) is 17.5. The van der Waals surface area contributed by atoms with Gasteiger partial charge in [0.1, 0.15) is 11.6 Å². The van der Waals surface area contributed by atoms with Crippen LogP contribution in [-0.2, 0) is 0 Å². The molecule has 3 rings (SSSR count). The van der Waals surface area contributed by atoms with Crippen LogP contribution in [0, 0.1) is 6.92 Å². The van der Waals surface area contributed by atoms with Crippen LogP contribution in [0.1, 0.15) is 19.7 Å². The fourth-order valence-corrected chi connectivity index (χ4v) is 3.65. The van der Waals surface area contributed by atoms with Crippen LogP contribution in [0.15, 0.2) is 24.3 Å². The van der Waals surface area contributed by atoms with Crippen molar-refractivity contribution in [1.82, 2.24) is 14.3 Å². The second kappa shape index (κ2) is 6.87. The van der Waals surface area contributed by atoms with E-state index in [-0.39, 0.29) is 11.6 Å². The lowest BCUT2D eigenvalue weighted by Gasteiger charge is -2.48. The van der Waals surface area contributed by atoms with Gasteiger partial charge in [-0.2, -0.15) is 4.37 Å². The smallest absolute Gasteiger partial charge is 0.323 e. The first-order valence-corrected chi connectivity index (χ1v) is 8.94. The molecule has 1 aliphatic rings. The number of piperazine rings is 1. The Hall–Kier alpha value is -2.35. The predicted octanol–water partition coefficient (Wildman–Crippen LogP) is 2.99. The molecule has 2 amide bonds. The average Bonchev–Trinajstić information content (AvgIpc) is 2.99.